The van der Waals surface area contributed by atoms with Crippen molar-refractivity contribution in [1.29, 1.82) is 0 Å². The number of carbonyl (C=O) groups is 1. The molecule has 0 aromatic carbocycles. The number of pyridine rings is 1. The van der Waals surface area contributed by atoms with Crippen LogP contribution in [-0.4, -0.2) is 23.5 Å². The van der Waals surface area contributed by atoms with Gasteiger partial charge < -0.3 is 11.1 Å². The van der Waals surface area contributed by atoms with Gasteiger partial charge >= 0.3 is 0 Å². The van der Waals surface area contributed by atoms with Crippen LogP contribution in [0.4, 0.5) is 0 Å². The van der Waals surface area contributed by atoms with E-state index in [9.17, 15) is 4.79 Å². The molecule has 0 saturated heterocycles. The minimum atomic E-state index is -0.366. The lowest BCUT2D eigenvalue weighted by Crippen LogP contribution is -2.40. The third kappa shape index (κ3) is 6.57. The number of nitrogens with two attached hydrogens (primary N) is 1. The molecular formula is C13H22ClN3O. The number of hydrogen-bond donors (Lipinski definition) is 2. The summed E-state index contributed by atoms with van der Waals surface area (Å²) in [5.74, 6) is -0.0483. The summed E-state index contributed by atoms with van der Waals surface area (Å²) in [4.78, 5) is 15.7. The monoisotopic (exact) mass is 271 g/mol. The summed E-state index contributed by atoms with van der Waals surface area (Å²) in [5, 5.41) is 2.85. The van der Waals surface area contributed by atoms with Crippen molar-refractivity contribution in [2.45, 2.75) is 38.6 Å². The molecule has 18 heavy (non-hydrogen) atoms. The van der Waals surface area contributed by atoms with Crippen molar-refractivity contribution in [3.63, 3.8) is 0 Å². The van der Waals surface area contributed by atoms with Gasteiger partial charge in [0.2, 0.25) is 5.91 Å². The number of nitrogens with one attached hydrogen (secondary N) is 1. The molecule has 3 N–H and O–H groups in total. The fourth-order valence-electron chi connectivity index (χ4n) is 1.60. The topological polar surface area (TPSA) is 68.0 Å². The highest BCUT2D eigenvalue weighted by Crippen LogP contribution is 1.98. The third-order valence-corrected chi connectivity index (χ3v) is 2.57. The molecule has 4 nitrogen and oxygen atoms in total. The van der Waals surface area contributed by atoms with E-state index in [1.807, 2.05) is 25.1 Å². The van der Waals surface area contributed by atoms with E-state index in [-0.39, 0.29) is 24.4 Å². The number of halogens is 1. The van der Waals surface area contributed by atoms with Crippen molar-refractivity contribution < 1.29 is 4.79 Å². The summed E-state index contributed by atoms with van der Waals surface area (Å²) in [6, 6.07) is 5.49. The minimum Gasteiger partial charge on any atom is -0.355 e. The Kier molecular flexibility index (Phi) is 9.24. The lowest BCUT2D eigenvalue weighted by Gasteiger charge is -2.10. The zero-order valence-electron chi connectivity index (χ0n) is 10.8. The predicted molar refractivity (Wildman–Crippen MR) is 75.7 cm³/mol. The molecule has 102 valence electrons. The highest BCUT2D eigenvalue weighted by Gasteiger charge is 2.10. The van der Waals surface area contributed by atoms with Crippen molar-refractivity contribution in [3.8, 4) is 0 Å². The summed E-state index contributed by atoms with van der Waals surface area (Å²) in [7, 11) is 0. The van der Waals surface area contributed by atoms with Gasteiger partial charge in [0.05, 0.1) is 6.04 Å². The molecule has 0 aliphatic rings. The van der Waals surface area contributed by atoms with Gasteiger partial charge in [-0.15, -0.1) is 12.4 Å². The van der Waals surface area contributed by atoms with E-state index in [4.69, 9.17) is 5.73 Å². The minimum absolute atomic E-state index is 0. The highest BCUT2D eigenvalue weighted by atomic mass is 35.5. The molecule has 0 spiro atoms. The smallest absolute Gasteiger partial charge is 0.236 e. The Bertz CT molecular complexity index is 332. The van der Waals surface area contributed by atoms with Crippen LogP contribution in [0.5, 0.6) is 0 Å². The van der Waals surface area contributed by atoms with Gasteiger partial charge in [-0.05, 0) is 31.4 Å². The Morgan fingerprint density at radius 2 is 2.28 bits per heavy atom. The fraction of sp³-hybridized carbons (Fsp3) is 0.538. The van der Waals surface area contributed by atoms with Crippen molar-refractivity contribution in [3.05, 3.63) is 30.1 Å². The van der Waals surface area contributed by atoms with E-state index in [1.165, 1.54) is 0 Å². The van der Waals surface area contributed by atoms with Gasteiger partial charge in [0.25, 0.3) is 0 Å². The van der Waals surface area contributed by atoms with E-state index >= 15 is 0 Å². The number of aromatic nitrogens is 1. The molecule has 1 amide bonds. The van der Waals surface area contributed by atoms with Crippen LogP contribution in [0.25, 0.3) is 0 Å². The number of carbonyl (C=O) groups excluding carboxylic acids is 1. The third-order valence-electron chi connectivity index (χ3n) is 2.57. The maximum atomic E-state index is 11.5. The number of amides is 1. The number of aryl methyl sites for hydroxylation is 1. The summed E-state index contributed by atoms with van der Waals surface area (Å²) in [6.07, 6.45) is 5.23. The van der Waals surface area contributed by atoms with Gasteiger partial charge in [-0.3, -0.25) is 9.78 Å². The van der Waals surface area contributed by atoms with Gasteiger partial charge in [0, 0.05) is 18.4 Å². The quantitative estimate of drug-likeness (QED) is 0.742. The van der Waals surface area contributed by atoms with E-state index in [0.29, 0.717) is 6.54 Å². The van der Waals surface area contributed by atoms with Crippen molar-refractivity contribution in [2.24, 2.45) is 5.73 Å². The molecule has 1 unspecified atom stereocenters. The largest absolute Gasteiger partial charge is 0.355 e. The van der Waals surface area contributed by atoms with Crippen LogP contribution < -0.4 is 11.1 Å². The van der Waals surface area contributed by atoms with E-state index in [1.54, 1.807) is 6.20 Å². The molecule has 0 bridgehead atoms. The first-order valence-corrected chi connectivity index (χ1v) is 6.17. The maximum absolute atomic E-state index is 11.5. The molecule has 0 saturated carbocycles. The lowest BCUT2D eigenvalue weighted by atomic mass is 10.1. The number of hydrogen-bond acceptors (Lipinski definition) is 3. The van der Waals surface area contributed by atoms with Crippen molar-refractivity contribution in [1.82, 2.24) is 10.3 Å². The van der Waals surface area contributed by atoms with Gasteiger partial charge in [-0.2, -0.15) is 0 Å². The van der Waals surface area contributed by atoms with Crippen LogP contribution in [0.3, 0.4) is 0 Å². The lowest BCUT2D eigenvalue weighted by molar-refractivity contribution is -0.122. The molecule has 0 aliphatic carbocycles. The molecule has 1 aromatic heterocycles. The van der Waals surface area contributed by atoms with Crippen molar-refractivity contribution >= 4 is 18.3 Å². The SMILES string of the molecule is CCCC(N)C(=O)NCCCc1ccccn1.Cl. The average molecular weight is 272 g/mol. The second kappa shape index (κ2) is 9.85. The predicted octanol–water partition coefficient (Wildman–Crippen LogP) is 1.68. The van der Waals surface area contributed by atoms with E-state index in [2.05, 4.69) is 10.3 Å². The second-order valence-electron chi connectivity index (χ2n) is 4.11. The van der Waals surface area contributed by atoms with Crippen LogP contribution in [0, 0.1) is 0 Å². The van der Waals surface area contributed by atoms with Gasteiger partial charge in [0.1, 0.15) is 0 Å². The molecule has 5 heteroatoms. The van der Waals surface area contributed by atoms with Crippen LogP contribution in [0.2, 0.25) is 0 Å². The van der Waals surface area contributed by atoms with Crippen LogP contribution in [0.15, 0.2) is 24.4 Å². The molecule has 0 aliphatic heterocycles. The Hall–Kier alpha value is -1.13. The highest BCUT2D eigenvalue weighted by molar-refractivity contribution is 5.85. The molecule has 0 fully saturated rings. The fourth-order valence-corrected chi connectivity index (χ4v) is 1.60. The van der Waals surface area contributed by atoms with E-state index in [0.717, 1.165) is 31.4 Å². The molecular weight excluding hydrogens is 250 g/mol. The summed E-state index contributed by atoms with van der Waals surface area (Å²) in [6.45, 7) is 2.68. The molecule has 0 radical (unpaired) electrons. The number of rotatable bonds is 7. The van der Waals surface area contributed by atoms with Gasteiger partial charge in [-0.25, -0.2) is 0 Å². The Balaban J connectivity index is 0.00000289. The average Bonchev–Trinajstić information content (AvgIpc) is 2.36. The molecule has 1 rings (SSSR count). The molecule has 1 aromatic rings. The summed E-state index contributed by atoms with van der Waals surface area (Å²) < 4.78 is 0. The maximum Gasteiger partial charge on any atom is 0.236 e. The van der Waals surface area contributed by atoms with E-state index < -0.39 is 0 Å². The Morgan fingerprint density at radius 3 is 2.89 bits per heavy atom. The Labute approximate surface area is 115 Å². The molecule has 1 heterocycles. The zero-order valence-corrected chi connectivity index (χ0v) is 11.6. The zero-order chi connectivity index (χ0) is 12.5. The van der Waals surface area contributed by atoms with Crippen LogP contribution >= 0.6 is 12.4 Å². The Morgan fingerprint density at radius 1 is 1.50 bits per heavy atom. The first-order valence-electron chi connectivity index (χ1n) is 6.17. The normalized spacial score (nSPS) is 11.4. The van der Waals surface area contributed by atoms with Gasteiger partial charge in [0.15, 0.2) is 0 Å². The number of nitrogens with zero attached hydrogens (tertiary/aromatic N) is 1. The summed E-state index contributed by atoms with van der Waals surface area (Å²) in [5.41, 5.74) is 6.75. The van der Waals surface area contributed by atoms with Crippen LogP contribution in [-0.2, 0) is 11.2 Å². The molecule has 1 atom stereocenters. The van der Waals surface area contributed by atoms with Gasteiger partial charge in [-0.1, -0.05) is 19.4 Å². The van der Waals surface area contributed by atoms with Crippen molar-refractivity contribution in [2.75, 3.05) is 6.54 Å². The van der Waals surface area contributed by atoms with Crippen LogP contribution in [0.1, 0.15) is 31.9 Å². The second-order valence-corrected chi connectivity index (χ2v) is 4.11. The summed E-state index contributed by atoms with van der Waals surface area (Å²) >= 11 is 0. The first kappa shape index (κ1) is 16.9. The first-order chi connectivity index (χ1) is 8.24. The standard InChI is InChI=1S/C13H21N3O.ClH/c1-2-6-12(14)13(17)16-10-5-8-11-7-3-4-9-15-11;/h3-4,7,9,12H,2,5-6,8,10,14H2,1H3,(H,16,17);1H.